The zero-order chi connectivity index (χ0) is 15.7. The number of aromatic nitrogens is 1. The van der Waals surface area contributed by atoms with E-state index in [1.807, 2.05) is 19.1 Å². The second kappa shape index (κ2) is 5.85. The van der Waals surface area contributed by atoms with Crippen LogP contribution >= 0.6 is 11.3 Å². The molecule has 1 saturated heterocycles. The van der Waals surface area contributed by atoms with Gasteiger partial charge in [-0.25, -0.2) is 13.4 Å². The Morgan fingerprint density at radius 1 is 1.50 bits per heavy atom. The van der Waals surface area contributed by atoms with Gasteiger partial charge in [0.25, 0.3) is 0 Å². The zero-order valence-corrected chi connectivity index (χ0v) is 13.6. The molecule has 1 atom stereocenters. The fourth-order valence-electron chi connectivity index (χ4n) is 2.28. The van der Waals surface area contributed by atoms with Crippen molar-refractivity contribution >= 4 is 27.1 Å². The highest BCUT2D eigenvalue weighted by Crippen LogP contribution is 2.26. The maximum absolute atomic E-state index is 11.9. The van der Waals surface area contributed by atoms with Gasteiger partial charge in [0.2, 0.25) is 0 Å². The van der Waals surface area contributed by atoms with E-state index >= 15 is 0 Å². The number of hydrogen-bond acceptors (Lipinski definition) is 7. The number of esters is 1. The van der Waals surface area contributed by atoms with Crippen molar-refractivity contribution in [1.82, 2.24) is 4.98 Å². The van der Waals surface area contributed by atoms with E-state index in [-0.39, 0.29) is 17.9 Å². The average molecular weight is 341 g/mol. The minimum atomic E-state index is -3.05. The third-order valence-electron chi connectivity index (χ3n) is 3.32. The van der Waals surface area contributed by atoms with Gasteiger partial charge in [-0.2, -0.15) is 0 Å². The van der Waals surface area contributed by atoms with Crippen LogP contribution in [0.15, 0.2) is 21.9 Å². The van der Waals surface area contributed by atoms with Crippen molar-refractivity contribution in [3.63, 3.8) is 0 Å². The maximum Gasteiger partial charge on any atom is 0.312 e. The molecule has 1 aliphatic rings. The molecule has 22 heavy (non-hydrogen) atoms. The molecule has 6 nitrogen and oxygen atoms in total. The van der Waals surface area contributed by atoms with Crippen LogP contribution in [0.4, 0.5) is 0 Å². The highest BCUT2D eigenvalue weighted by atomic mass is 32.2. The van der Waals surface area contributed by atoms with Gasteiger partial charge in [0.05, 0.1) is 23.6 Å². The quantitative estimate of drug-likeness (QED) is 0.791. The van der Waals surface area contributed by atoms with E-state index in [1.54, 1.807) is 5.38 Å². The van der Waals surface area contributed by atoms with Crippen molar-refractivity contribution in [3.05, 3.63) is 29.0 Å². The molecule has 2 aromatic rings. The Morgan fingerprint density at radius 2 is 2.32 bits per heavy atom. The first-order valence-electron chi connectivity index (χ1n) is 6.82. The lowest BCUT2D eigenvalue weighted by Crippen LogP contribution is -2.20. The van der Waals surface area contributed by atoms with Gasteiger partial charge in [-0.05, 0) is 25.5 Å². The first-order chi connectivity index (χ1) is 10.4. The minimum Gasteiger partial charge on any atom is -0.461 e. The first kappa shape index (κ1) is 15.2. The normalized spacial score (nSPS) is 20.1. The van der Waals surface area contributed by atoms with E-state index in [9.17, 15) is 13.2 Å². The SMILES string of the molecule is Cc1ccc(-c2nc(CC(=O)O[C@H]3CCS(=O)(=O)C3)cs2)o1. The van der Waals surface area contributed by atoms with Crippen LogP contribution in [0, 0.1) is 6.92 Å². The largest absolute Gasteiger partial charge is 0.461 e. The van der Waals surface area contributed by atoms with E-state index in [2.05, 4.69) is 4.98 Å². The summed E-state index contributed by atoms with van der Waals surface area (Å²) in [6.45, 7) is 1.85. The second-order valence-electron chi connectivity index (χ2n) is 5.25. The molecule has 3 heterocycles. The highest BCUT2D eigenvalue weighted by molar-refractivity contribution is 7.91. The van der Waals surface area contributed by atoms with Crippen LogP contribution in [-0.2, 0) is 25.8 Å². The molecule has 0 N–H and O–H groups in total. The molecular formula is C14H15NO5S2. The van der Waals surface area contributed by atoms with E-state index in [0.717, 1.165) is 5.76 Å². The monoisotopic (exact) mass is 341 g/mol. The topological polar surface area (TPSA) is 86.5 Å². The molecule has 118 valence electrons. The molecule has 0 bridgehead atoms. The summed E-state index contributed by atoms with van der Waals surface area (Å²) in [6.07, 6.45) is -0.113. The number of furan rings is 1. The summed E-state index contributed by atoms with van der Waals surface area (Å²) in [7, 11) is -3.05. The molecule has 0 aromatic carbocycles. The number of thiazole rings is 1. The van der Waals surface area contributed by atoms with E-state index in [1.165, 1.54) is 11.3 Å². The Balaban J connectivity index is 1.59. The van der Waals surface area contributed by atoms with E-state index in [0.29, 0.717) is 22.9 Å². The number of rotatable bonds is 4. The van der Waals surface area contributed by atoms with E-state index in [4.69, 9.17) is 9.15 Å². The standard InChI is InChI=1S/C14H15NO5S2/c1-9-2-3-12(19-9)14-15-10(7-21-14)6-13(16)20-11-4-5-22(17,18)8-11/h2-3,7,11H,4-6,8H2,1H3/t11-/m0/s1. The molecule has 2 aromatic heterocycles. The van der Waals surface area contributed by atoms with Crippen molar-refractivity contribution < 1.29 is 22.4 Å². The Hall–Kier alpha value is -1.67. The van der Waals surface area contributed by atoms with Crippen LogP contribution in [0.5, 0.6) is 0 Å². The van der Waals surface area contributed by atoms with Crippen molar-refractivity contribution in [3.8, 4) is 10.8 Å². The van der Waals surface area contributed by atoms with Crippen molar-refractivity contribution in [2.75, 3.05) is 11.5 Å². The molecule has 1 aliphatic heterocycles. The summed E-state index contributed by atoms with van der Waals surface area (Å²) in [5.41, 5.74) is 0.597. The van der Waals surface area contributed by atoms with Gasteiger partial charge in [0.1, 0.15) is 11.9 Å². The van der Waals surface area contributed by atoms with Gasteiger partial charge >= 0.3 is 5.97 Å². The first-order valence-corrected chi connectivity index (χ1v) is 9.52. The molecule has 0 spiro atoms. The molecule has 3 rings (SSSR count). The van der Waals surface area contributed by atoms with Crippen molar-refractivity contribution in [2.45, 2.75) is 25.9 Å². The van der Waals surface area contributed by atoms with Crippen LogP contribution in [0.25, 0.3) is 10.8 Å². The van der Waals surface area contributed by atoms with Gasteiger partial charge in [-0.1, -0.05) is 0 Å². The summed E-state index contributed by atoms with van der Waals surface area (Å²) < 4.78 is 33.3. The number of sulfone groups is 1. The molecule has 1 fully saturated rings. The fourth-order valence-corrected chi connectivity index (χ4v) is 4.65. The summed E-state index contributed by atoms with van der Waals surface area (Å²) >= 11 is 1.39. The molecule has 8 heteroatoms. The fraction of sp³-hybridized carbons (Fsp3) is 0.429. The van der Waals surface area contributed by atoms with Gasteiger partial charge < -0.3 is 9.15 Å². The summed E-state index contributed by atoms with van der Waals surface area (Å²) in [5.74, 6) is 1.03. The average Bonchev–Trinajstić information content (AvgIpc) is 3.11. The number of carbonyl (C=O) groups excluding carboxylic acids is 1. The van der Waals surface area contributed by atoms with Crippen LogP contribution in [0.3, 0.4) is 0 Å². The number of hydrogen-bond donors (Lipinski definition) is 0. The molecule has 0 radical (unpaired) electrons. The van der Waals surface area contributed by atoms with Crippen LogP contribution in [0.2, 0.25) is 0 Å². The number of carbonyl (C=O) groups is 1. The molecule has 0 aliphatic carbocycles. The maximum atomic E-state index is 11.9. The number of aryl methyl sites for hydroxylation is 1. The Labute approximate surface area is 132 Å². The Morgan fingerprint density at radius 3 is 2.95 bits per heavy atom. The van der Waals surface area contributed by atoms with Gasteiger partial charge in [-0.15, -0.1) is 11.3 Å². The lowest BCUT2D eigenvalue weighted by Gasteiger charge is -2.09. The summed E-state index contributed by atoms with van der Waals surface area (Å²) in [5, 5.41) is 2.49. The molecule has 0 unspecified atom stereocenters. The van der Waals surface area contributed by atoms with Crippen molar-refractivity contribution in [1.29, 1.82) is 0 Å². The van der Waals surface area contributed by atoms with Gasteiger partial charge in [0.15, 0.2) is 20.6 Å². The Bertz CT molecular complexity index is 790. The molecule has 0 amide bonds. The predicted octanol–water partition coefficient (Wildman–Crippen LogP) is 1.98. The highest BCUT2D eigenvalue weighted by Gasteiger charge is 2.30. The third kappa shape index (κ3) is 3.56. The summed E-state index contributed by atoms with van der Waals surface area (Å²) in [6, 6.07) is 3.69. The third-order valence-corrected chi connectivity index (χ3v) is 5.96. The lowest BCUT2D eigenvalue weighted by atomic mass is 10.3. The second-order valence-corrected chi connectivity index (χ2v) is 8.33. The minimum absolute atomic E-state index is 0.0345. The van der Waals surface area contributed by atoms with Crippen LogP contribution < -0.4 is 0 Å². The van der Waals surface area contributed by atoms with E-state index < -0.39 is 21.9 Å². The molecular weight excluding hydrogens is 326 g/mol. The number of ether oxygens (including phenoxy) is 1. The summed E-state index contributed by atoms with van der Waals surface area (Å²) in [4.78, 5) is 16.2. The van der Waals surface area contributed by atoms with Gasteiger partial charge in [-0.3, -0.25) is 4.79 Å². The number of nitrogens with zero attached hydrogens (tertiary/aromatic N) is 1. The lowest BCUT2D eigenvalue weighted by molar-refractivity contribution is -0.147. The smallest absolute Gasteiger partial charge is 0.312 e. The van der Waals surface area contributed by atoms with Crippen LogP contribution in [-0.4, -0.2) is 37.0 Å². The van der Waals surface area contributed by atoms with Crippen molar-refractivity contribution in [2.24, 2.45) is 0 Å². The van der Waals surface area contributed by atoms with Crippen LogP contribution in [0.1, 0.15) is 17.9 Å². The van der Waals surface area contributed by atoms with Gasteiger partial charge in [0, 0.05) is 5.38 Å². The predicted molar refractivity (Wildman–Crippen MR) is 81.4 cm³/mol. The molecule has 0 saturated carbocycles. The zero-order valence-electron chi connectivity index (χ0n) is 11.9. The Kier molecular flexibility index (Phi) is 4.05.